The summed E-state index contributed by atoms with van der Waals surface area (Å²) in [6, 6.07) is 35.4. The second-order valence-corrected chi connectivity index (χ2v) is 9.86. The molecule has 7 nitrogen and oxygen atoms in total. The quantitative estimate of drug-likeness (QED) is 0.220. The molecule has 6 aromatic rings. The molecule has 0 spiro atoms. The predicted molar refractivity (Wildman–Crippen MR) is 155 cm³/mol. The van der Waals surface area contributed by atoms with Gasteiger partial charge < -0.3 is 15.4 Å². The van der Waals surface area contributed by atoms with E-state index in [0.29, 0.717) is 19.0 Å². The van der Waals surface area contributed by atoms with Crippen LogP contribution in [0.2, 0.25) is 0 Å². The highest BCUT2D eigenvalue weighted by Crippen LogP contribution is 2.44. The third kappa shape index (κ3) is 4.92. The standard InChI is InChI=1S/C32H28N6O/c1-3-9-22(10-4-1)19-33-30-29-31(35-21-34-30)38(27-18-28(27)39-20-23-11-5-2-6-12-23)32(37-29)36-26-16-15-24-13-7-8-14-25(24)17-26/h1-17,21,27-28H,18-20H2,(H,36,37)(H,33,34,35)/t27-,28-/m0/s1. The van der Waals surface area contributed by atoms with Gasteiger partial charge in [0.15, 0.2) is 17.0 Å². The minimum Gasteiger partial charge on any atom is -0.371 e. The predicted octanol–water partition coefficient (Wildman–Crippen LogP) is 6.87. The molecule has 0 saturated heterocycles. The molecule has 0 unspecified atom stereocenters. The number of benzene rings is 4. The molecule has 2 aromatic heterocycles. The van der Waals surface area contributed by atoms with Crippen molar-refractivity contribution >= 4 is 39.4 Å². The topological polar surface area (TPSA) is 76.9 Å². The van der Waals surface area contributed by atoms with Crippen molar-refractivity contribution in [3.05, 3.63) is 121 Å². The number of nitrogens with one attached hydrogen (secondary N) is 2. The number of aromatic nitrogens is 4. The Morgan fingerprint density at radius 3 is 2.36 bits per heavy atom. The molecule has 39 heavy (non-hydrogen) atoms. The van der Waals surface area contributed by atoms with Crippen LogP contribution in [-0.4, -0.2) is 25.6 Å². The summed E-state index contributed by atoms with van der Waals surface area (Å²) in [5.41, 5.74) is 4.85. The Kier molecular flexibility index (Phi) is 6.11. The summed E-state index contributed by atoms with van der Waals surface area (Å²) >= 11 is 0. The fourth-order valence-electron chi connectivity index (χ4n) is 5.01. The SMILES string of the molecule is c1ccc(CNc2ncnc3c2nc(Nc2ccc4ccccc4c2)n3[C@H]2C[C@@H]2OCc2ccccc2)cc1. The molecule has 1 aliphatic rings. The van der Waals surface area contributed by atoms with Crippen LogP contribution in [0.1, 0.15) is 23.6 Å². The average molecular weight is 513 g/mol. The Hall–Kier alpha value is -4.75. The van der Waals surface area contributed by atoms with Crippen molar-refractivity contribution in [2.45, 2.75) is 31.7 Å². The number of imidazole rings is 1. The Morgan fingerprint density at radius 1 is 0.795 bits per heavy atom. The summed E-state index contributed by atoms with van der Waals surface area (Å²) in [6.07, 6.45) is 2.60. The lowest BCUT2D eigenvalue weighted by atomic mass is 10.1. The number of rotatable bonds is 9. The van der Waals surface area contributed by atoms with Gasteiger partial charge in [-0.3, -0.25) is 4.57 Å². The van der Waals surface area contributed by atoms with Gasteiger partial charge >= 0.3 is 0 Å². The fourth-order valence-corrected chi connectivity index (χ4v) is 5.01. The van der Waals surface area contributed by atoms with Crippen molar-refractivity contribution in [1.82, 2.24) is 19.5 Å². The summed E-state index contributed by atoms with van der Waals surface area (Å²) < 4.78 is 8.46. The molecule has 4 aromatic carbocycles. The Labute approximate surface area is 226 Å². The maximum Gasteiger partial charge on any atom is 0.210 e. The van der Waals surface area contributed by atoms with E-state index in [0.717, 1.165) is 29.2 Å². The highest BCUT2D eigenvalue weighted by atomic mass is 16.5. The molecule has 0 amide bonds. The third-order valence-corrected chi connectivity index (χ3v) is 7.12. The summed E-state index contributed by atoms with van der Waals surface area (Å²) in [5, 5.41) is 9.41. The molecule has 7 rings (SSSR count). The second-order valence-electron chi connectivity index (χ2n) is 9.86. The van der Waals surface area contributed by atoms with Crippen molar-refractivity contribution in [1.29, 1.82) is 0 Å². The van der Waals surface area contributed by atoms with Crippen LogP contribution in [0, 0.1) is 0 Å². The molecule has 2 heterocycles. The number of ether oxygens (including phenoxy) is 1. The van der Waals surface area contributed by atoms with Gasteiger partial charge in [-0.1, -0.05) is 91.0 Å². The number of anilines is 3. The Morgan fingerprint density at radius 2 is 1.54 bits per heavy atom. The van der Waals surface area contributed by atoms with Crippen molar-refractivity contribution < 1.29 is 4.74 Å². The fraction of sp³-hybridized carbons (Fsp3) is 0.156. The van der Waals surface area contributed by atoms with Crippen LogP contribution in [0.5, 0.6) is 0 Å². The zero-order valence-corrected chi connectivity index (χ0v) is 21.4. The minimum atomic E-state index is 0.0930. The first-order valence-corrected chi connectivity index (χ1v) is 13.2. The second kappa shape index (κ2) is 10.2. The first-order chi connectivity index (χ1) is 19.3. The van der Waals surface area contributed by atoms with E-state index in [2.05, 4.69) is 91.9 Å². The normalized spacial score (nSPS) is 16.4. The van der Waals surface area contributed by atoms with E-state index in [9.17, 15) is 0 Å². The average Bonchev–Trinajstić information content (AvgIpc) is 3.66. The van der Waals surface area contributed by atoms with Crippen molar-refractivity contribution in [2.24, 2.45) is 0 Å². The summed E-state index contributed by atoms with van der Waals surface area (Å²) in [6.45, 7) is 1.24. The van der Waals surface area contributed by atoms with Gasteiger partial charge in [-0.05, 0) is 40.5 Å². The smallest absolute Gasteiger partial charge is 0.210 e. The molecule has 1 saturated carbocycles. The highest BCUT2D eigenvalue weighted by molar-refractivity contribution is 5.88. The minimum absolute atomic E-state index is 0.0930. The van der Waals surface area contributed by atoms with Crippen LogP contribution in [0.4, 0.5) is 17.5 Å². The molecule has 0 radical (unpaired) electrons. The molecular weight excluding hydrogens is 484 g/mol. The molecule has 0 bridgehead atoms. The summed E-state index contributed by atoms with van der Waals surface area (Å²) in [4.78, 5) is 14.2. The van der Waals surface area contributed by atoms with Crippen molar-refractivity contribution in [3.63, 3.8) is 0 Å². The van der Waals surface area contributed by atoms with E-state index in [4.69, 9.17) is 9.72 Å². The van der Waals surface area contributed by atoms with Gasteiger partial charge in [0.2, 0.25) is 5.95 Å². The zero-order valence-electron chi connectivity index (χ0n) is 21.4. The monoisotopic (exact) mass is 512 g/mol. The highest BCUT2D eigenvalue weighted by Gasteiger charge is 2.43. The van der Waals surface area contributed by atoms with E-state index in [1.54, 1.807) is 6.33 Å². The summed E-state index contributed by atoms with van der Waals surface area (Å²) in [7, 11) is 0. The van der Waals surface area contributed by atoms with Crippen LogP contribution in [0.25, 0.3) is 21.9 Å². The van der Waals surface area contributed by atoms with Gasteiger partial charge in [0.05, 0.1) is 18.8 Å². The lowest BCUT2D eigenvalue weighted by Crippen LogP contribution is -2.07. The molecule has 192 valence electrons. The zero-order chi connectivity index (χ0) is 26.0. The first-order valence-electron chi connectivity index (χ1n) is 13.2. The third-order valence-electron chi connectivity index (χ3n) is 7.12. The van der Waals surface area contributed by atoms with E-state index in [1.165, 1.54) is 21.9 Å². The molecule has 0 aliphatic heterocycles. The van der Waals surface area contributed by atoms with Gasteiger partial charge in [0.25, 0.3) is 0 Å². The maximum absolute atomic E-state index is 6.29. The van der Waals surface area contributed by atoms with Crippen LogP contribution in [0.3, 0.4) is 0 Å². The van der Waals surface area contributed by atoms with Crippen LogP contribution >= 0.6 is 0 Å². The summed E-state index contributed by atoms with van der Waals surface area (Å²) in [5.74, 6) is 1.45. The lowest BCUT2D eigenvalue weighted by Gasteiger charge is -2.11. The van der Waals surface area contributed by atoms with Gasteiger partial charge in [-0.2, -0.15) is 0 Å². The molecule has 1 fully saturated rings. The molecule has 2 N–H and O–H groups in total. The van der Waals surface area contributed by atoms with Crippen molar-refractivity contribution in [2.75, 3.05) is 10.6 Å². The molecular formula is C32H28N6O. The molecule has 2 atom stereocenters. The first kappa shape index (κ1) is 23.4. The maximum atomic E-state index is 6.29. The molecule has 1 aliphatic carbocycles. The van der Waals surface area contributed by atoms with Gasteiger partial charge in [-0.25, -0.2) is 15.0 Å². The van der Waals surface area contributed by atoms with E-state index >= 15 is 0 Å². The lowest BCUT2D eigenvalue weighted by molar-refractivity contribution is 0.0967. The number of fused-ring (bicyclic) bond motifs is 2. The van der Waals surface area contributed by atoms with Crippen LogP contribution in [0.15, 0.2) is 109 Å². The Bertz CT molecular complexity index is 1730. The van der Waals surface area contributed by atoms with E-state index in [1.807, 2.05) is 36.4 Å². The number of nitrogens with zero attached hydrogens (tertiary/aromatic N) is 4. The van der Waals surface area contributed by atoms with Crippen molar-refractivity contribution in [3.8, 4) is 0 Å². The van der Waals surface area contributed by atoms with Gasteiger partial charge in [-0.15, -0.1) is 0 Å². The van der Waals surface area contributed by atoms with Crippen LogP contribution in [-0.2, 0) is 17.9 Å². The van der Waals surface area contributed by atoms with Crippen LogP contribution < -0.4 is 10.6 Å². The number of hydrogen-bond acceptors (Lipinski definition) is 6. The Balaban J connectivity index is 1.21. The van der Waals surface area contributed by atoms with E-state index < -0.39 is 0 Å². The molecule has 7 heteroatoms. The number of hydrogen-bond donors (Lipinski definition) is 2. The van der Waals surface area contributed by atoms with Gasteiger partial charge in [0, 0.05) is 12.2 Å². The van der Waals surface area contributed by atoms with Gasteiger partial charge in [0.1, 0.15) is 6.33 Å². The van der Waals surface area contributed by atoms with E-state index in [-0.39, 0.29) is 12.1 Å². The largest absolute Gasteiger partial charge is 0.371 e.